The van der Waals surface area contributed by atoms with Crippen LogP contribution in [0, 0.1) is 5.41 Å². The summed E-state index contributed by atoms with van der Waals surface area (Å²) >= 11 is 0. The topological polar surface area (TPSA) is 44.5 Å². The summed E-state index contributed by atoms with van der Waals surface area (Å²) in [6, 6.07) is 7.76. The van der Waals surface area contributed by atoms with E-state index in [0.29, 0.717) is 0 Å². The highest BCUT2D eigenvalue weighted by atomic mass is 16.5. The average molecular weight is 249 g/mol. The Hall–Kier alpha value is -1.22. The highest BCUT2D eigenvalue weighted by Crippen LogP contribution is 2.36. The van der Waals surface area contributed by atoms with Crippen molar-refractivity contribution >= 4 is 0 Å². The molecule has 3 heteroatoms. The minimum Gasteiger partial charge on any atom is -0.497 e. The molecule has 0 aliphatic heterocycles. The van der Waals surface area contributed by atoms with Gasteiger partial charge in [0.15, 0.2) is 0 Å². The van der Waals surface area contributed by atoms with Gasteiger partial charge in [0, 0.05) is 18.0 Å². The molecule has 18 heavy (non-hydrogen) atoms. The molecule has 0 bridgehead atoms. The zero-order valence-corrected chi connectivity index (χ0v) is 11.2. The number of methoxy groups -OCH3 is 1. The van der Waals surface area contributed by atoms with Gasteiger partial charge in [0.2, 0.25) is 0 Å². The van der Waals surface area contributed by atoms with Crippen LogP contribution in [0.1, 0.15) is 32.1 Å². The van der Waals surface area contributed by atoms with Gasteiger partial charge in [0.25, 0.3) is 0 Å². The third-order valence-corrected chi connectivity index (χ3v) is 3.93. The lowest BCUT2D eigenvalue weighted by Crippen LogP contribution is -2.38. The van der Waals surface area contributed by atoms with E-state index in [1.54, 1.807) is 7.11 Å². The van der Waals surface area contributed by atoms with E-state index in [0.717, 1.165) is 24.7 Å². The van der Waals surface area contributed by atoms with Crippen molar-refractivity contribution < 1.29 is 9.47 Å². The Morgan fingerprint density at radius 1 is 1.17 bits per heavy atom. The molecular weight excluding hydrogens is 226 g/mol. The summed E-state index contributed by atoms with van der Waals surface area (Å²) < 4.78 is 11.1. The van der Waals surface area contributed by atoms with Gasteiger partial charge >= 0.3 is 0 Å². The molecule has 0 radical (unpaired) electrons. The van der Waals surface area contributed by atoms with Crippen molar-refractivity contribution in [3.8, 4) is 11.5 Å². The number of hydrogen-bond donors (Lipinski definition) is 1. The molecule has 1 saturated carbocycles. The first kappa shape index (κ1) is 13.2. The molecule has 2 rings (SSSR count). The number of hydrogen-bond acceptors (Lipinski definition) is 3. The van der Waals surface area contributed by atoms with Crippen molar-refractivity contribution in [2.75, 3.05) is 20.3 Å². The fourth-order valence-corrected chi connectivity index (χ4v) is 2.64. The van der Waals surface area contributed by atoms with E-state index in [9.17, 15) is 0 Å². The number of nitrogens with two attached hydrogens (primary N) is 1. The van der Waals surface area contributed by atoms with Gasteiger partial charge in [-0.25, -0.2) is 0 Å². The molecular formula is C15H23NO2. The predicted molar refractivity (Wildman–Crippen MR) is 73.1 cm³/mol. The van der Waals surface area contributed by atoms with Crippen molar-refractivity contribution in [1.29, 1.82) is 0 Å². The van der Waals surface area contributed by atoms with Crippen molar-refractivity contribution in [2.24, 2.45) is 11.1 Å². The molecule has 1 aromatic rings. The standard InChI is InChI=1S/C15H23NO2/c1-17-13-6-5-7-14(10-13)18-12-15(11-16)8-3-2-4-9-15/h5-7,10H,2-4,8-9,11-12,16H2,1H3. The number of rotatable bonds is 5. The molecule has 3 nitrogen and oxygen atoms in total. The number of benzene rings is 1. The minimum atomic E-state index is 0.182. The van der Waals surface area contributed by atoms with Crippen LogP contribution in [0.15, 0.2) is 24.3 Å². The first-order chi connectivity index (χ1) is 8.78. The largest absolute Gasteiger partial charge is 0.497 e. The zero-order chi connectivity index (χ0) is 12.8. The highest BCUT2D eigenvalue weighted by Gasteiger charge is 2.31. The van der Waals surface area contributed by atoms with Crippen LogP contribution in [0.3, 0.4) is 0 Å². The Balaban J connectivity index is 1.96. The molecule has 0 amide bonds. The molecule has 1 fully saturated rings. The summed E-state index contributed by atoms with van der Waals surface area (Å²) in [5.74, 6) is 1.70. The Bertz CT molecular complexity index is 373. The molecule has 0 atom stereocenters. The van der Waals surface area contributed by atoms with Crippen LogP contribution in [0.25, 0.3) is 0 Å². The second-order valence-corrected chi connectivity index (χ2v) is 5.23. The quantitative estimate of drug-likeness (QED) is 0.872. The van der Waals surface area contributed by atoms with E-state index in [-0.39, 0.29) is 5.41 Å². The maximum atomic E-state index is 5.95. The second kappa shape index (κ2) is 6.10. The van der Waals surface area contributed by atoms with Crippen LogP contribution in [-0.4, -0.2) is 20.3 Å². The maximum absolute atomic E-state index is 5.95. The van der Waals surface area contributed by atoms with E-state index in [1.165, 1.54) is 32.1 Å². The van der Waals surface area contributed by atoms with Gasteiger partial charge in [0.05, 0.1) is 13.7 Å². The van der Waals surface area contributed by atoms with Crippen LogP contribution < -0.4 is 15.2 Å². The minimum absolute atomic E-state index is 0.182. The first-order valence-electron chi connectivity index (χ1n) is 6.75. The monoisotopic (exact) mass is 249 g/mol. The van der Waals surface area contributed by atoms with Crippen molar-refractivity contribution in [2.45, 2.75) is 32.1 Å². The molecule has 1 aromatic carbocycles. The van der Waals surface area contributed by atoms with Gasteiger partial charge in [-0.15, -0.1) is 0 Å². The second-order valence-electron chi connectivity index (χ2n) is 5.23. The smallest absolute Gasteiger partial charge is 0.123 e. The Kier molecular flexibility index (Phi) is 4.48. The van der Waals surface area contributed by atoms with E-state index in [2.05, 4.69) is 0 Å². The summed E-state index contributed by atoms with van der Waals surface area (Å²) in [5, 5.41) is 0. The molecule has 0 unspecified atom stereocenters. The normalized spacial score (nSPS) is 18.3. The fraction of sp³-hybridized carbons (Fsp3) is 0.600. The van der Waals surface area contributed by atoms with E-state index in [4.69, 9.17) is 15.2 Å². The van der Waals surface area contributed by atoms with E-state index >= 15 is 0 Å². The van der Waals surface area contributed by atoms with Gasteiger partial charge in [-0.05, 0) is 25.0 Å². The van der Waals surface area contributed by atoms with Crippen molar-refractivity contribution in [3.05, 3.63) is 24.3 Å². The molecule has 0 saturated heterocycles. The highest BCUT2D eigenvalue weighted by molar-refractivity contribution is 5.32. The van der Waals surface area contributed by atoms with Crippen molar-refractivity contribution in [3.63, 3.8) is 0 Å². The first-order valence-corrected chi connectivity index (χ1v) is 6.75. The molecule has 1 aliphatic rings. The summed E-state index contributed by atoms with van der Waals surface area (Å²) in [7, 11) is 1.67. The molecule has 0 heterocycles. The Morgan fingerprint density at radius 3 is 2.56 bits per heavy atom. The van der Waals surface area contributed by atoms with Gasteiger partial charge in [-0.2, -0.15) is 0 Å². The van der Waals surface area contributed by atoms with Gasteiger partial charge in [-0.1, -0.05) is 25.3 Å². The molecule has 1 aliphatic carbocycles. The lowest BCUT2D eigenvalue weighted by atomic mass is 9.75. The molecule has 100 valence electrons. The zero-order valence-electron chi connectivity index (χ0n) is 11.2. The predicted octanol–water partition coefficient (Wildman–Crippen LogP) is 2.98. The third kappa shape index (κ3) is 3.16. The van der Waals surface area contributed by atoms with Crippen molar-refractivity contribution in [1.82, 2.24) is 0 Å². The van der Waals surface area contributed by atoms with Gasteiger partial charge in [-0.3, -0.25) is 0 Å². The molecule has 0 aromatic heterocycles. The Morgan fingerprint density at radius 2 is 1.89 bits per heavy atom. The average Bonchev–Trinajstić information content (AvgIpc) is 2.46. The van der Waals surface area contributed by atoms with Crippen LogP contribution in [0.5, 0.6) is 11.5 Å². The van der Waals surface area contributed by atoms with E-state index in [1.807, 2.05) is 24.3 Å². The van der Waals surface area contributed by atoms with E-state index < -0.39 is 0 Å². The third-order valence-electron chi connectivity index (χ3n) is 3.93. The summed E-state index contributed by atoms with van der Waals surface area (Å²) in [4.78, 5) is 0. The summed E-state index contributed by atoms with van der Waals surface area (Å²) in [5.41, 5.74) is 6.14. The molecule has 0 spiro atoms. The van der Waals surface area contributed by atoms with Crippen LogP contribution in [0.4, 0.5) is 0 Å². The fourth-order valence-electron chi connectivity index (χ4n) is 2.64. The molecule has 2 N–H and O–H groups in total. The summed E-state index contributed by atoms with van der Waals surface area (Å²) in [6.45, 7) is 1.44. The summed E-state index contributed by atoms with van der Waals surface area (Å²) in [6.07, 6.45) is 6.26. The lowest BCUT2D eigenvalue weighted by molar-refractivity contribution is 0.105. The van der Waals surface area contributed by atoms with Crippen LogP contribution in [-0.2, 0) is 0 Å². The van der Waals surface area contributed by atoms with Gasteiger partial charge < -0.3 is 15.2 Å². The Labute approximate surface area is 109 Å². The number of ether oxygens (including phenoxy) is 2. The van der Waals surface area contributed by atoms with Crippen LogP contribution in [0.2, 0.25) is 0 Å². The van der Waals surface area contributed by atoms with Gasteiger partial charge in [0.1, 0.15) is 11.5 Å². The SMILES string of the molecule is COc1cccc(OCC2(CN)CCCCC2)c1. The maximum Gasteiger partial charge on any atom is 0.123 e. The van der Waals surface area contributed by atoms with Crippen LogP contribution >= 0.6 is 0 Å². The lowest BCUT2D eigenvalue weighted by Gasteiger charge is -2.35.